The Morgan fingerprint density at radius 3 is 2.36 bits per heavy atom. The molecular weight excluding hydrogens is 455 g/mol. The van der Waals surface area contributed by atoms with E-state index in [-0.39, 0.29) is 41.9 Å². The van der Waals surface area contributed by atoms with Crippen molar-refractivity contribution in [2.75, 3.05) is 58.4 Å². The van der Waals surface area contributed by atoms with E-state index < -0.39 is 9.84 Å². The largest absolute Gasteiger partial charge is 0.379 e. The maximum absolute atomic E-state index is 11.0. The topological polar surface area (TPSA) is 83.0 Å². The third kappa shape index (κ3) is 11.2. The Kier molecular flexibility index (Phi) is 12.2. The highest BCUT2D eigenvalue weighted by Crippen LogP contribution is 2.19. The van der Waals surface area contributed by atoms with Crippen LogP contribution in [-0.4, -0.2) is 83.3 Å². The van der Waals surface area contributed by atoms with Crippen molar-refractivity contribution in [1.82, 2.24) is 15.5 Å². The Hall–Kier alpha value is -0.130. The summed E-state index contributed by atoms with van der Waals surface area (Å²) in [5.41, 5.74) is 0.0873. The molecule has 0 atom stereocenters. The Balaban J connectivity index is 0.00000576. The van der Waals surface area contributed by atoms with Crippen LogP contribution in [0.2, 0.25) is 0 Å². The van der Waals surface area contributed by atoms with Gasteiger partial charge in [0.15, 0.2) is 5.96 Å². The molecule has 1 aliphatic heterocycles. The lowest BCUT2D eigenvalue weighted by Crippen LogP contribution is -2.55. The summed E-state index contributed by atoms with van der Waals surface area (Å²) >= 11 is 0. The van der Waals surface area contributed by atoms with Crippen molar-refractivity contribution in [3.8, 4) is 0 Å². The van der Waals surface area contributed by atoms with Gasteiger partial charge in [-0.2, -0.15) is 0 Å². The molecule has 0 aromatic rings. The number of nitrogens with one attached hydrogen (secondary N) is 2. The molecular formula is C16H35IN4O3S. The summed E-state index contributed by atoms with van der Waals surface area (Å²) in [6, 6.07) is 0. The van der Waals surface area contributed by atoms with E-state index in [2.05, 4.69) is 34.4 Å². The summed E-state index contributed by atoms with van der Waals surface area (Å²) in [7, 11) is -1.21. The zero-order valence-corrected chi connectivity index (χ0v) is 19.2. The maximum atomic E-state index is 11.0. The minimum Gasteiger partial charge on any atom is -0.379 e. The number of nitrogens with zero attached hydrogens (tertiary/aromatic N) is 2. The molecule has 0 radical (unpaired) electrons. The normalized spacial score (nSPS) is 17.0. The maximum Gasteiger partial charge on any atom is 0.191 e. The Morgan fingerprint density at radius 1 is 1.16 bits per heavy atom. The van der Waals surface area contributed by atoms with E-state index in [1.807, 2.05) is 0 Å². The van der Waals surface area contributed by atoms with Crippen molar-refractivity contribution in [2.45, 2.75) is 38.6 Å². The quantitative estimate of drug-likeness (QED) is 0.218. The number of halogens is 1. The molecule has 0 amide bonds. The number of rotatable bonds is 9. The van der Waals surface area contributed by atoms with Gasteiger partial charge in [-0.25, -0.2) is 8.42 Å². The summed E-state index contributed by atoms with van der Waals surface area (Å²) < 4.78 is 27.3. The molecule has 1 saturated heterocycles. The Morgan fingerprint density at radius 2 is 1.80 bits per heavy atom. The zero-order chi connectivity index (χ0) is 18.1. The van der Waals surface area contributed by atoms with Crippen LogP contribution in [0.25, 0.3) is 0 Å². The van der Waals surface area contributed by atoms with Gasteiger partial charge in [-0.05, 0) is 39.8 Å². The van der Waals surface area contributed by atoms with Crippen LogP contribution in [0, 0.1) is 0 Å². The van der Waals surface area contributed by atoms with Crippen LogP contribution < -0.4 is 10.6 Å². The molecule has 2 N–H and O–H groups in total. The van der Waals surface area contributed by atoms with E-state index in [1.54, 1.807) is 7.05 Å². The van der Waals surface area contributed by atoms with Gasteiger partial charge >= 0.3 is 0 Å². The summed E-state index contributed by atoms with van der Waals surface area (Å²) in [5, 5.41) is 6.56. The fraction of sp³-hybridized carbons (Fsp3) is 0.938. The third-order valence-electron chi connectivity index (χ3n) is 4.26. The lowest BCUT2D eigenvalue weighted by atomic mass is 9.98. The number of likely N-dealkylation sites (tertiary alicyclic amines) is 1. The molecule has 150 valence electrons. The number of hydrogen-bond acceptors (Lipinski definition) is 5. The number of hydrogen-bond donors (Lipinski definition) is 2. The average molecular weight is 490 g/mol. The van der Waals surface area contributed by atoms with E-state index >= 15 is 0 Å². The van der Waals surface area contributed by atoms with E-state index in [0.29, 0.717) is 13.2 Å². The molecule has 0 saturated carbocycles. The molecule has 0 aromatic heterocycles. The van der Waals surface area contributed by atoms with Crippen molar-refractivity contribution >= 4 is 39.8 Å². The molecule has 0 aromatic carbocycles. The minimum absolute atomic E-state index is 0. The lowest BCUT2D eigenvalue weighted by Gasteiger charge is -2.41. The van der Waals surface area contributed by atoms with Crippen LogP contribution in [0.4, 0.5) is 0 Å². The van der Waals surface area contributed by atoms with Crippen molar-refractivity contribution in [1.29, 1.82) is 0 Å². The number of guanidine groups is 1. The minimum atomic E-state index is -2.95. The van der Waals surface area contributed by atoms with Crippen LogP contribution >= 0.6 is 24.0 Å². The molecule has 25 heavy (non-hydrogen) atoms. The van der Waals surface area contributed by atoms with Gasteiger partial charge in [-0.15, -0.1) is 24.0 Å². The van der Waals surface area contributed by atoms with Gasteiger partial charge in [-0.1, -0.05) is 6.42 Å². The van der Waals surface area contributed by atoms with Gasteiger partial charge in [0.05, 0.1) is 19.0 Å². The summed E-state index contributed by atoms with van der Waals surface area (Å²) in [5.74, 6) is 0.802. The molecule has 1 aliphatic rings. The SMILES string of the molecule is CN=C(NCCOCCS(C)(=O)=O)NCC(C)(C)N1CCCCC1.I. The highest BCUT2D eigenvalue weighted by molar-refractivity contribution is 14.0. The molecule has 0 unspecified atom stereocenters. The second-order valence-corrected chi connectivity index (χ2v) is 9.21. The number of piperidine rings is 1. The van der Waals surface area contributed by atoms with E-state index in [4.69, 9.17) is 4.74 Å². The van der Waals surface area contributed by atoms with Crippen LogP contribution in [0.15, 0.2) is 4.99 Å². The highest BCUT2D eigenvalue weighted by atomic mass is 127. The first-order chi connectivity index (χ1) is 11.2. The molecule has 0 spiro atoms. The third-order valence-corrected chi connectivity index (χ3v) is 5.17. The van der Waals surface area contributed by atoms with Crippen LogP contribution in [0.3, 0.4) is 0 Å². The first-order valence-corrected chi connectivity index (χ1v) is 10.8. The smallest absolute Gasteiger partial charge is 0.191 e. The predicted molar refractivity (Wildman–Crippen MR) is 115 cm³/mol. The van der Waals surface area contributed by atoms with Gasteiger partial charge in [-0.3, -0.25) is 9.89 Å². The Bertz CT molecular complexity index is 492. The molecule has 7 nitrogen and oxygen atoms in total. The molecule has 9 heteroatoms. The molecule has 1 fully saturated rings. The Labute approximate surface area is 170 Å². The standard InChI is InChI=1S/C16H34N4O3S.HI/c1-16(2,20-9-6-5-7-10-20)14-19-15(17-3)18-8-11-23-12-13-24(4,21)22;/h5-14H2,1-4H3,(H2,17,18,19);1H. The van der Waals surface area contributed by atoms with E-state index in [1.165, 1.54) is 25.5 Å². The second kappa shape index (κ2) is 12.3. The summed E-state index contributed by atoms with van der Waals surface area (Å²) in [6.45, 7) is 8.93. The first-order valence-electron chi connectivity index (χ1n) is 8.70. The van der Waals surface area contributed by atoms with Crippen molar-refractivity contribution < 1.29 is 13.2 Å². The fourth-order valence-electron chi connectivity index (χ4n) is 2.69. The highest BCUT2D eigenvalue weighted by Gasteiger charge is 2.27. The summed E-state index contributed by atoms with van der Waals surface area (Å²) in [6.07, 6.45) is 5.11. The average Bonchev–Trinajstić information content (AvgIpc) is 2.53. The molecule has 1 heterocycles. The van der Waals surface area contributed by atoms with Crippen molar-refractivity contribution in [3.05, 3.63) is 0 Å². The predicted octanol–water partition coefficient (Wildman–Crippen LogP) is 1.10. The van der Waals surface area contributed by atoms with Gasteiger partial charge in [0.1, 0.15) is 9.84 Å². The molecule has 1 rings (SSSR count). The lowest BCUT2D eigenvalue weighted by molar-refractivity contribution is 0.0981. The van der Waals surface area contributed by atoms with Gasteiger partial charge in [0, 0.05) is 31.9 Å². The van der Waals surface area contributed by atoms with Crippen LogP contribution in [0.5, 0.6) is 0 Å². The number of aliphatic imine (C=N–C) groups is 1. The van der Waals surface area contributed by atoms with E-state index in [0.717, 1.165) is 25.6 Å². The van der Waals surface area contributed by atoms with Gasteiger partial charge < -0.3 is 15.4 Å². The monoisotopic (exact) mass is 490 g/mol. The molecule has 0 aliphatic carbocycles. The van der Waals surface area contributed by atoms with Crippen LogP contribution in [-0.2, 0) is 14.6 Å². The fourth-order valence-corrected chi connectivity index (χ4v) is 3.11. The molecule has 0 bridgehead atoms. The van der Waals surface area contributed by atoms with Crippen molar-refractivity contribution in [3.63, 3.8) is 0 Å². The first kappa shape index (κ1) is 24.9. The number of sulfone groups is 1. The number of ether oxygens (including phenoxy) is 1. The van der Waals surface area contributed by atoms with Gasteiger partial charge in [0.25, 0.3) is 0 Å². The van der Waals surface area contributed by atoms with Gasteiger partial charge in [0.2, 0.25) is 0 Å². The second-order valence-electron chi connectivity index (χ2n) is 6.95. The summed E-state index contributed by atoms with van der Waals surface area (Å²) in [4.78, 5) is 6.75. The van der Waals surface area contributed by atoms with E-state index in [9.17, 15) is 8.42 Å². The van der Waals surface area contributed by atoms with Crippen molar-refractivity contribution in [2.24, 2.45) is 4.99 Å². The van der Waals surface area contributed by atoms with Crippen LogP contribution in [0.1, 0.15) is 33.1 Å². The zero-order valence-electron chi connectivity index (χ0n) is 16.0.